The third-order valence-electron chi connectivity index (χ3n) is 2.96. The van der Waals surface area contributed by atoms with Crippen LogP contribution in [0, 0.1) is 0 Å². The van der Waals surface area contributed by atoms with E-state index in [9.17, 15) is 4.79 Å². The lowest BCUT2D eigenvalue weighted by Gasteiger charge is -2.10. The summed E-state index contributed by atoms with van der Waals surface area (Å²) in [6.07, 6.45) is 3.44. The number of nitrogens with one attached hydrogen (secondary N) is 3. The van der Waals surface area contributed by atoms with Gasteiger partial charge in [-0.1, -0.05) is 6.07 Å². The normalized spacial score (nSPS) is 12.2. The minimum absolute atomic E-state index is 0.122. The summed E-state index contributed by atoms with van der Waals surface area (Å²) in [5, 5.41) is 18.4. The predicted octanol–water partition coefficient (Wildman–Crippen LogP) is 2.35. The van der Waals surface area contributed by atoms with Gasteiger partial charge in [-0.15, -0.1) is 11.3 Å². The van der Waals surface area contributed by atoms with E-state index >= 15 is 0 Å². The molecule has 0 spiro atoms. The van der Waals surface area contributed by atoms with Crippen molar-refractivity contribution in [3.05, 3.63) is 47.2 Å². The average molecular weight is 287 g/mol. The molecule has 0 bridgehead atoms. The van der Waals surface area contributed by atoms with E-state index in [2.05, 4.69) is 25.7 Å². The molecule has 0 fully saturated rings. The van der Waals surface area contributed by atoms with E-state index in [-0.39, 0.29) is 11.9 Å². The number of carbonyl (C=O) groups excluding carboxylic acids is 1. The van der Waals surface area contributed by atoms with Crippen molar-refractivity contribution in [2.75, 3.05) is 0 Å². The molecule has 1 atom stereocenters. The smallest absolute Gasteiger partial charge is 0.272 e. The molecule has 7 heteroatoms. The Morgan fingerprint density at radius 3 is 3.10 bits per heavy atom. The Bertz CT molecular complexity index is 686. The molecular weight excluding hydrogens is 274 g/mol. The maximum Gasteiger partial charge on any atom is 0.272 e. The second kappa shape index (κ2) is 5.30. The molecule has 20 heavy (non-hydrogen) atoms. The molecule has 3 heterocycles. The minimum atomic E-state index is -0.210. The van der Waals surface area contributed by atoms with Crippen LogP contribution in [0.15, 0.2) is 36.0 Å². The molecule has 3 N–H and O–H groups in total. The van der Waals surface area contributed by atoms with Crippen molar-refractivity contribution in [3.63, 3.8) is 0 Å². The van der Waals surface area contributed by atoms with Gasteiger partial charge in [0.1, 0.15) is 0 Å². The first-order valence-corrected chi connectivity index (χ1v) is 7.01. The zero-order valence-electron chi connectivity index (χ0n) is 10.8. The highest BCUT2D eigenvalue weighted by atomic mass is 32.1. The van der Waals surface area contributed by atoms with Crippen LogP contribution in [-0.2, 0) is 0 Å². The van der Waals surface area contributed by atoms with Crippen LogP contribution >= 0.6 is 11.3 Å². The minimum Gasteiger partial charge on any atom is -0.344 e. The Balaban J connectivity index is 1.72. The maximum atomic E-state index is 12.1. The molecule has 0 unspecified atom stereocenters. The van der Waals surface area contributed by atoms with Gasteiger partial charge < -0.3 is 5.32 Å². The van der Waals surface area contributed by atoms with Gasteiger partial charge >= 0.3 is 0 Å². The molecule has 3 aromatic heterocycles. The predicted molar refractivity (Wildman–Crippen MR) is 76.4 cm³/mol. The van der Waals surface area contributed by atoms with Crippen LogP contribution in [0.3, 0.4) is 0 Å². The third kappa shape index (κ3) is 2.48. The number of rotatable bonds is 4. The standard InChI is InChI=1S/C13H13N5OS/c1-8(9-6-14-15-7-9)16-13(19)11-5-10(17-18-11)12-3-2-4-20-12/h2-8H,1H3,(H,14,15)(H,16,19)(H,17,18)/t8-/m1/s1. The Morgan fingerprint density at radius 2 is 2.40 bits per heavy atom. The van der Waals surface area contributed by atoms with Crippen LogP contribution in [0.5, 0.6) is 0 Å². The van der Waals surface area contributed by atoms with E-state index in [0.717, 1.165) is 16.1 Å². The zero-order chi connectivity index (χ0) is 13.9. The molecule has 0 radical (unpaired) electrons. The first kappa shape index (κ1) is 12.6. The van der Waals surface area contributed by atoms with Crippen molar-refractivity contribution in [1.29, 1.82) is 0 Å². The number of H-pyrrole nitrogens is 2. The van der Waals surface area contributed by atoms with Crippen LogP contribution < -0.4 is 5.32 Å². The van der Waals surface area contributed by atoms with Gasteiger partial charge in [0.05, 0.1) is 22.8 Å². The SMILES string of the molecule is C[C@@H](NC(=O)c1cc(-c2cccs2)[nH]n1)c1cn[nH]c1. The first-order valence-electron chi connectivity index (χ1n) is 6.13. The van der Waals surface area contributed by atoms with E-state index in [0.29, 0.717) is 5.69 Å². The van der Waals surface area contributed by atoms with Gasteiger partial charge in [0.25, 0.3) is 5.91 Å². The zero-order valence-corrected chi connectivity index (χ0v) is 11.6. The van der Waals surface area contributed by atoms with Gasteiger partial charge in [-0.3, -0.25) is 15.0 Å². The molecule has 1 amide bonds. The summed E-state index contributed by atoms with van der Waals surface area (Å²) < 4.78 is 0. The molecule has 3 rings (SSSR count). The second-order valence-corrected chi connectivity index (χ2v) is 5.32. The molecule has 0 saturated heterocycles. The fourth-order valence-corrected chi connectivity index (χ4v) is 2.54. The maximum absolute atomic E-state index is 12.1. The highest BCUT2D eigenvalue weighted by molar-refractivity contribution is 7.13. The number of hydrogen-bond donors (Lipinski definition) is 3. The molecule has 0 saturated carbocycles. The topological polar surface area (TPSA) is 86.5 Å². The summed E-state index contributed by atoms with van der Waals surface area (Å²) in [6, 6.07) is 5.57. The molecule has 0 aliphatic carbocycles. The number of carbonyl (C=O) groups is 1. The number of aromatic nitrogens is 4. The highest BCUT2D eigenvalue weighted by Crippen LogP contribution is 2.23. The van der Waals surface area contributed by atoms with E-state index in [4.69, 9.17) is 0 Å². The molecule has 0 aliphatic heterocycles. The highest BCUT2D eigenvalue weighted by Gasteiger charge is 2.15. The van der Waals surface area contributed by atoms with Gasteiger partial charge in [0.15, 0.2) is 5.69 Å². The first-order chi connectivity index (χ1) is 9.74. The summed E-state index contributed by atoms with van der Waals surface area (Å²) in [7, 11) is 0. The van der Waals surface area contributed by atoms with E-state index in [1.165, 1.54) is 0 Å². The van der Waals surface area contributed by atoms with Gasteiger partial charge in [-0.2, -0.15) is 10.2 Å². The van der Waals surface area contributed by atoms with Crippen molar-refractivity contribution in [1.82, 2.24) is 25.7 Å². The van der Waals surface area contributed by atoms with Crippen molar-refractivity contribution < 1.29 is 4.79 Å². The van der Waals surface area contributed by atoms with Crippen molar-refractivity contribution in [2.24, 2.45) is 0 Å². The van der Waals surface area contributed by atoms with Gasteiger partial charge in [0, 0.05) is 11.8 Å². The Morgan fingerprint density at radius 1 is 1.50 bits per heavy atom. The Kier molecular flexibility index (Phi) is 3.34. The van der Waals surface area contributed by atoms with Crippen molar-refractivity contribution in [3.8, 4) is 10.6 Å². The van der Waals surface area contributed by atoms with Crippen LogP contribution in [0.25, 0.3) is 10.6 Å². The van der Waals surface area contributed by atoms with E-state index in [1.807, 2.05) is 24.4 Å². The lowest BCUT2D eigenvalue weighted by atomic mass is 10.2. The average Bonchev–Trinajstić information content (AvgIpc) is 3.19. The summed E-state index contributed by atoms with van der Waals surface area (Å²) >= 11 is 1.60. The summed E-state index contributed by atoms with van der Waals surface area (Å²) in [4.78, 5) is 13.2. The van der Waals surface area contributed by atoms with Crippen molar-refractivity contribution >= 4 is 17.2 Å². The quantitative estimate of drug-likeness (QED) is 0.688. The molecular formula is C13H13N5OS. The Labute approximate surface area is 119 Å². The monoisotopic (exact) mass is 287 g/mol. The fourth-order valence-electron chi connectivity index (χ4n) is 1.85. The molecule has 3 aromatic rings. The van der Waals surface area contributed by atoms with Crippen LogP contribution in [0.2, 0.25) is 0 Å². The number of nitrogens with zero attached hydrogens (tertiary/aromatic N) is 2. The third-order valence-corrected chi connectivity index (χ3v) is 3.87. The summed E-state index contributed by atoms with van der Waals surface area (Å²) in [5.74, 6) is -0.210. The van der Waals surface area contributed by atoms with E-state index in [1.54, 1.807) is 29.8 Å². The molecule has 0 aliphatic rings. The largest absolute Gasteiger partial charge is 0.344 e. The van der Waals surface area contributed by atoms with Crippen LogP contribution in [0.1, 0.15) is 29.0 Å². The second-order valence-electron chi connectivity index (χ2n) is 4.37. The van der Waals surface area contributed by atoms with Gasteiger partial charge in [-0.25, -0.2) is 0 Å². The lowest BCUT2D eigenvalue weighted by molar-refractivity contribution is 0.0935. The Hall–Kier alpha value is -2.41. The summed E-state index contributed by atoms with van der Waals surface area (Å²) in [5.41, 5.74) is 2.15. The molecule has 6 nitrogen and oxygen atoms in total. The lowest BCUT2D eigenvalue weighted by Crippen LogP contribution is -2.26. The molecule has 0 aromatic carbocycles. The number of amides is 1. The fraction of sp³-hybridized carbons (Fsp3) is 0.154. The van der Waals surface area contributed by atoms with Crippen LogP contribution in [-0.4, -0.2) is 26.3 Å². The van der Waals surface area contributed by atoms with Crippen molar-refractivity contribution in [2.45, 2.75) is 13.0 Å². The number of hydrogen-bond acceptors (Lipinski definition) is 4. The summed E-state index contributed by atoms with van der Waals surface area (Å²) in [6.45, 7) is 1.90. The number of thiophene rings is 1. The van der Waals surface area contributed by atoms with Gasteiger partial charge in [0.2, 0.25) is 0 Å². The number of aromatic amines is 2. The van der Waals surface area contributed by atoms with Gasteiger partial charge in [-0.05, 0) is 24.4 Å². The molecule has 102 valence electrons. The van der Waals surface area contributed by atoms with Crippen LogP contribution in [0.4, 0.5) is 0 Å². The van der Waals surface area contributed by atoms with E-state index < -0.39 is 0 Å².